The van der Waals surface area contributed by atoms with Crippen molar-refractivity contribution in [3.05, 3.63) is 58.7 Å². The summed E-state index contributed by atoms with van der Waals surface area (Å²) in [5.41, 5.74) is -0.991. The van der Waals surface area contributed by atoms with Gasteiger partial charge in [0.25, 0.3) is 0 Å². The molecule has 0 spiro atoms. The molecule has 0 radical (unpaired) electrons. The van der Waals surface area contributed by atoms with E-state index in [9.17, 15) is 23.1 Å². The number of aromatic nitrogens is 5. The van der Waals surface area contributed by atoms with Crippen molar-refractivity contribution in [2.24, 2.45) is 0 Å². The number of hydrogen-bond acceptors (Lipinski definition) is 7. The van der Waals surface area contributed by atoms with Crippen LogP contribution in [0, 0.1) is 0 Å². The molecular formula is C21H20F3N5O4. The number of alkyl halides is 3. The molecule has 1 N–H and O–H groups in total. The van der Waals surface area contributed by atoms with Crippen LogP contribution >= 0.6 is 0 Å². The standard InChI is InChI=1S/C21H20F3N5O4/c1-2-4-13-15(6-5-14-18(13)33-27-19(14)21(22,23)24)32-10-3-9-28-17(30)12-29(20(28)31)16-11-25-7-8-26-16/h5-8,11-12,30H,2-4,9-10H2,1H3. The molecule has 0 atom stereocenters. The molecule has 0 unspecified atom stereocenters. The number of aryl methyl sites for hydroxylation is 1. The van der Waals surface area contributed by atoms with E-state index < -0.39 is 17.6 Å². The van der Waals surface area contributed by atoms with Crippen LogP contribution in [0.3, 0.4) is 0 Å². The van der Waals surface area contributed by atoms with Crippen LogP contribution in [0.15, 0.2) is 46.2 Å². The van der Waals surface area contributed by atoms with Gasteiger partial charge < -0.3 is 14.4 Å². The summed E-state index contributed by atoms with van der Waals surface area (Å²) in [6, 6.07) is 2.74. The molecule has 4 aromatic rings. The third-order valence-corrected chi connectivity index (χ3v) is 5.01. The Morgan fingerprint density at radius 1 is 1.24 bits per heavy atom. The van der Waals surface area contributed by atoms with E-state index in [2.05, 4.69) is 15.1 Å². The quantitative estimate of drug-likeness (QED) is 0.397. The normalized spacial score (nSPS) is 11.9. The summed E-state index contributed by atoms with van der Waals surface area (Å²) in [7, 11) is 0. The van der Waals surface area contributed by atoms with Crippen LogP contribution in [0.4, 0.5) is 13.2 Å². The van der Waals surface area contributed by atoms with E-state index in [0.717, 1.165) is 0 Å². The highest BCUT2D eigenvalue weighted by Crippen LogP contribution is 2.38. The fraction of sp³-hybridized carbons (Fsp3) is 0.333. The third kappa shape index (κ3) is 4.41. The summed E-state index contributed by atoms with van der Waals surface area (Å²) >= 11 is 0. The zero-order chi connectivity index (χ0) is 23.6. The van der Waals surface area contributed by atoms with E-state index in [4.69, 9.17) is 9.26 Å². The topological polar surface area (TPSA) is 108 Å². The van der Waals surface area contributed by atoms with Gasteiger partial charge in [0.05, 0.1) is 24.4 Å². The fourth-order valence-electron chi connectivity index (χ4n) is 3.53. The van der Waals surface area contributed by atoms with E-state index in [-0.39, 0.29) is 35.8 Å². The maximum atomic E-state index is 13.1. The van der Waals surface area contributed by atoms with Crippen molar-refractivity contribution in [3.8, 4) is 17.4 Å². The van der Waals surface area contributed by atoms with Crippen molar-refractivity contribution in [2.75, 3.05) is 6.61 Å². The molecule has 0 aliphatic carbocycles. The molecule has 0 aliphatic rings. The van der Waals surface area contributed by atoms with E-state index in [1.54, 1.807) is 0 Å². The van der Waals surface area contributed by atoms with Gasteiger partial charge in [-0.15, -0.1) is 0 Å². The molecule has 3 heterocycles. The number of fused-ring (bicyclic) bond motifs is 1. The maximum absolute atomic E-state index is 13.1. The lowest BCUT2D eigenvalue weighted by molar-refractivity contribution is -0.141. The van der Waals surface area contributed by atoms with Gasteiger partial charge in [-0.25, -0.2) is 14.3 Å². The molecule has 0 aliphatic heterocycles. The minimum Gasteiger partial charge on any atom is -0.493 e. The van der Waals surface area contributed by atoms with Crippen LogP contribution in [0.1, 0.15) is 31.0 Å². The molecule has 33 heavy (non-hydrogen) atoms. The van der Waals surface area contributed by atoms with Crippen LogP contribution < -0.4 is 10.4 Å². The van der Waals surface area contributed by atoms with E-state index in [1.807, 2.05) is 6.92 Å². The Labute approximate surface area is 185 Å². The van der Waals surface area contributed by atoms with Crippen molar-refractivity contribution in [3.63, 3.8) is 0 Å². The first-order valence-electron chi connectivity index (χ1n) is 10.2. The predicted octanol–water partition coefficient (Wildman–Crippen LogP) is 3.72. The van der Waals surface area contributed by atoms with Crippen LogP contribution in [0.5, 0.6) is 11.6 Å². The summed E-state index contributed by atoms with van der Waals surface area (Å²) in [6.45, 7) is 2.20. The average Bonchev–Trinajstić information content (AvgIpc) is 3.35. The fourth-order valence-corrected chi connectivity index (χ4v) is 3.53. The number of aromatic hydroxyl groups is 1. The second-order valence-electron chi connectivity index (χ2n) is 7.26. The SMILES string of the molecule is CCCc1c(OCCCn2c(O)cn(-c3cnccn3)c2=O)ccc2c(C(F)(F)F)noc12. The van der Waals surface area contributed by atoms with Crippen molar-refractivity contribution in [1.29, 1.82) is 0 Å². The highest BCUT2D eigenvalue weighted by atomic mass is 19.4. The van der Waals surface area contributed by atoms with Gasteiger partial charge in [0.15, 0.2) is 17.1 Å². The largest absolute Gasteiger partial charge is 0.493 e. The second kappa shape index (κ2) is 8.96. The zero-order valence-electron chi connectivity index (χ0n) is 17.5. The Balaban J connectivity index is 1.48. The van der Waals surface area contributed by atoms with Crippen molar-refractivity contribution < 1.29 is 27.5 Å². The molecule has 3 aromatic heterocycles. The van der Waals surface area contributed by atoms with Crippen LogP contribution in [0.2, 0.25) is 0 Å². The molecule has 4 rings (SSSR count). The first-order valence-corrected chi connectivity index (χ1v) is 10.2. The summed E-state index contributed by atoms with van der Waals surface area (Å²) in [4.78, 5) is 20.5. The van der Waals surface area contributed by atoms with Gasteiger partial charge in [0.1, 0.15) is 5.75 Å². The van der Waals surface area contributed by atoms with Crippen LogP contribution in [0.25, 0.3) is 16.8 Å². The van der Waals surface area contributed by atoms with Gasteiger partial charge in [-0.05, 0) is 25.0 Å². The smallest absolute Gasteiger partial charge is 0.437 e. The number of ether oxygens (including phenoxy) is 1. The molecule has 0 fully saturated rings. The molecule has 0 amide bonds. The minimum absolute atomic E-state index is 0.0524. The maximum Gasteiger partial charge on any atom is 0.437 e. The van der Waals surface area contributed by atoms with Crippen molar-refractivity contribution in [2.45, 2.75) is 38.9 Å². The Hall–Kier alpha value is -3.83. The highest BCUT2D eigenvalue weighted by Gasteiger charge is 2.37. The van der Waals surface area contributed by atoms with Crippen LogP contribution in [-0.4, -0.2) is 36.0 Å². The summed E-state index contributed by atoms with van der Waals surface area (Å²) < 4.78 is 52.6. The number of rotatable bonds is 8. The first-order chi connectivity index (χ1) is 15.8. The van der Waals surface area contributed by atoms with Gasteiger partial charge in [-0.3, -0.25) is 9.55 Å². The van der Waals surface area contributed by atoms with Gasteiger partial charge >= 0.3 is 11.9 Å². The molecule has 9 nitrogen and oxygen atoms in total. The zero-order valence-corrected chi connectivity index (χ0v) is 17.5. The number of nitrogens with zero attached hydrogens (tertiary/aromatic N) is 5. The lowest BCUT2D eigenvalue weighted by Gasteiger charge is -2.12. The van der Waals surface area contributed by atoms with Crippen molar-refractivity contribution in [1.82, 2.24) is 24.3 Å². The van der Waals surface area contributed by atoms with E-state index >= 15 is 0 Å². The van der Waals surface area contributed by atoms with Crippen molar-refractivity contribution >= 4 is 11.0 Å². The van der Waals surface area contributed by atoms with Gasteiger partial charge in [0.2, 0.25) is 5.88 Å². The highest BCUT2D eigenvalue weighted by molar-refractivity contribution is 5.85. The number of halogens is 3. The Morgan fingerprint density at radius 2 is 2.06 bits per heavy atom. The first kappa shape index (κ1) is 22.4. The molecular weight excluding hydrogens is 443 g/mol. The predicted molar refractivity (Wildman–Crippen MR) is 110 cm³/mol. The molecule has 0 bridgehead atoms. The Kier molecular flexibility index (Phi) is 6.07. The number of imidazole rings is 1. The van der Waals surface area contributed by atoms with Crippen LogP contribution in [-0.2, 0) is 19.1 Å². The van der Waals surface area contributed by atoms with Gasteiger partial charge in [0, 0.05) is 24.5 Å². The van der Waals surface area contributed by atoms with E-state index in [0.29, 0.717) is 30.6 Å². The molecule has 174 valence electrons. The van der Waals surface area contributed by atoms with E-state index in [1.165, 1.54) is 46.1 Å². The Morgan fingerprint density at radius 3 is 2.76 bits per heavy atom. The third-order valence-electron chi connectivity index (χ3n) is 5.01. The summed E-state index contributed by atoms with van der Waals surface area (Å²) in [5, 5.41) is 13.2. The average molecular weight is 463 g/mol. The minimum atomic E-state index is -4.62. The van der Waals surface area contributed by atoms with Gasteiger partial charge in [-0.2, -0.15) is 13.2 Å². The number of benzene rings is 1. The number of hydrogen-bond donors (Lipinski definition) is 1. The summed E-state index contributed by atoms with van der Waals surface area (Å²) in [5.74, 6) is 0.429. The molecule has 0 saturated carbocycles. The molecule has 0 saturated heterocycles. The summed E-state index contributed by atoms with van der Waals surface area (Å²) in [6.07, 6.45) is 2.39. The lowest BCUT2D eigenvalue weighted by atomic mass is 10.0. The Bertz CT molecular complexity index is 1310. The lowest BCUT2D eigenvalue weighted by Crippen LogP contribution is -2.24. The monoisotopic (exact) mass is 463 g/mol. The molecule has 12 heteroatoms. The molecule has 1 aromatic carbocycles. The second-order valence-corrected chi connectivity index (χ2v) is 7.26. The van der Waals surface area contributed by atoms with Gasteiger partial charge in [-0.1, -0.05) is 18.5 Å².